The van der Waals surface area contributed by atoms with Crippen molar-refractivity contribution in [2.45, 2.75) is 12.6 Å². The predicted octanol–water partition coefficient (Wildman–Crippen LogP) is 2.30. The molecule has 4 rings (SSSR count). The Morgan fingerprint density at radius 1 is 1.14 bits per heavy atom. The molecule has 8 nitrogen and oxygen atoms in total. The Labute approximate surface area is 163 Å². The topological polar surface area (TPSA) is 99.8 Å². The Balaban J connectivity index is 0.000000298. The average molecular weight is 412 g/mol. The van der Waals surface area contributed by atoms with Gasteiger partial charge in [0.1, 0.15) is 6.26 Å². The number of carbonyl (C=O) groups excluding carboxylic acids is 1. The molecule has 2 aliphatic rings. The Hall–Kier alpha value is -3.11. The summed E-state index contributed by atoms with van der Waals surface area (Å²) >= 11 is 0. The first-order valence-electron chi connectivity index (χ1n) is 8.89. The van der Waals surface area contributed by atoms with E-state index in [1.165, 1.54) is 6.26 Å². The maximum absolute atomic E-state index is 12.4. The Kier molecular flexibility index (Phi) is 6.04. The molecule has 11 heteroatoms. The molecule has 0 saturated carbocycles. The molecule has 0 aliphatic carbocycles. The van der Waals surface area contributed by atoms with Crippen molar-refractivity contribution in [1.29, 1.82) is 0 Å². The van der Waals surface area contributed by atoms with Gasteiger partial charge in [0.25, 0.3) is 5.91 Å². The normalized spacial score (nSPS) is 21.2. The van der Waals surface area contributed by atoms with E-state index in [-0.39, 0.29) is 5.91 Å². The van der Waals surface area contributed by atoms with Crippen molar-refractivity contribution in [1.82, 2.24) is 14.9 Å². The molecule has 2 aliphatic heterocycles. The number of likely N-dealkylation sites (tertiary alicyclic amines) is 1. The molecule has 0 unspecified atom stereocenters. The van der Waals surface area contributed by atoms with Crippen LogP contribution in [-0.4, -0.2) is 64.2 Å². The van der Waals surface area contributed by atoms with E-state index in [1.54, 1.807) is 24.7 Å². The van der Waals surface area contributed by atoms with Crippen LogP contribution in [0.5, 0.6) is 0 Å². The number of anilines is 1. The van der Waals surface area contributed by atoms with E-state index < -0.39 is 12.1 Å². The number of carboxylic acid groups (broad SMARTS) is 1. The van der Waals surface area contributed by atoms with Crippen molar-refractivity contribution in [3.8, 4) is 0 Å². The predicted molar refractivity (Wildman–Crippen MR) is 94.1 cm³/mol. The smallest absolute Gasteiger partial charge is 0.475 e. The molecule has 0 spiro atoms. The molecule has 4 heterocycles. The number of piperidine rings is 1. The molecule has 2 saturated heterocycles. The van der Waals surface area contributed by atoms with Gasteiger partial charge in [-0.25, -0.2) is 14.8 Å². The standard InChI is InChI=1S/C16H18N4O2.C2HF3O2/c21-15(13-3-7-22-11-13)20-8-12-2-6-19(9-14(12)10-20)16-17-4-1-5-18-16;3-2(4,5)1(6)7/h1,3-5,7,11-12,14H,2,6,8-10H2;(H,6,7)/t12-,14+;/m0./s1. The van der Waals surface area contributed by atoms with E-state index in [0.717, 1.165) is 38.5 Å². The summed E-state index contributed by atoms with van der Waals surface area (Å²) in [7, 11) is 0. The van der Waals surface area contributed by atoms with Crippen LogP contribution in [0.25, 0.3) is 0 Å². The fourth-order valence-corrected chi connectivity index (χ4v) is 3.54. The SMILES string of the molecule is O=C(O)C(F)(F)F.O=C(c1ccoc1)N1C[C@@H]2CCN(c3ncccn3)C[C@@H]2C1. The van der Waals surface area contributed by atoms with E-state index in [9.17, 15) is 18.0 Å². The van der Waals surface area contributed by atoms with Crippen molar-refractivity contribution in [2.75, 3.05) is 31.1 Å². The maximum atomic E-state index is 12.4. The highest BCUT2D eigenvalue weighted by Gasteiger charge is 2.40. The van der Waals surface area contributed by atoms with Crippen molar-refractivity contribution >= 4 is 17.8 Å². The van der Waals surface area contributed by atoms with E-state index >= 15 is 0 Å². The number of hydrogen-bond donors (Lipinski definition) is 1. The Morgan fingerprint density at radius 3 is 2.38 bits per heavy atom. The molecule has 2 aromatic heterocycles. The third kappa shape index (κ3) is 5.04. The number of amides is 1. The summed E-state index contributed by atoms with van der Waals surface area (Å²) in [6.07, 6.45) is 2.62. The molecule has 2 fully saturated rings. The summed E-state index contributed by atoms with van der Waals surface area (Å²) in [4.78, 5) is 34.2. The highest BCUT2D eigenvalue weighted by Crippen LogP contribution is 2.33. The summed E-state index contributed by atoms with van der Waals surface area (Å²) in [5.41, 5.74) is 0.641. The molecule has 1 amide bonds. The fraction of sp³-hybridized carbons (Fsp3) is 0.444. The molecular formula is C18H19F3N4O4. The van der Waals surface area contributed by atoms with Gasteiger partial charge >= 0.3 is 12.1 Å². The minimum Gasteiger partial charge on any atom is -0.475 e. The van der Waals surface area contributed by atoms with Gasteiger partial charge in [0, 0.05) is 38.6 Å². The number of alkyl halides is 3. The summed E-state index contributed by atoms with van der Waals surface area (Å²) < 4.78 is 36.8. The Bertz CT molecular complexity index is 829. The summed E-state index contributed by atoms with van der Waals surface area (Å²) in [5, 5.41) is 7.12. The van der Waals surface area contributed by atoms with E-state index in [1.807, 2.05) is 11.0 Å². The third-order valence-corrected chi connectivity index (χ3v) is 4.93. The van der Waals surface area contributed by atoms with Crippen LogP contribution < -0.4 is 4.90 Å². The number of carboxylic acids is 1. The fourth-order valence-electron chi connectivity index (χ4n) is 3.54. The maximum Gasteiger partial charge on any atom is 0.490 e. The lowest BCUT2D eigenvalue weighted by Gasteiger charge is -2.34. The molecular weight excluding hydrogens is 393 g/mol. The first-order valence-corrected chi connectivity index (χ1v) is 8.89. The van der Waals surface area contributed by atoms with E-state index in [2.05, 4.69) is 14.9 Å². The van der Waals surface area contributed by atoms with Gasteiger partial charge in [0.15, 0.2) is 0 Å². The van der Waals surface area contributed by atoms with Gasteiger partial charge in [-0.15, -0.1) is 0 Å². The second-order valence-electron chi connectivity index (χ2n) is 6.83. The quantitative estimate of drug-likeness (QED) is 0.808. The second-order valence-corrected chi connectivity index (χ2v) is 6.83. The summed E-state index contributed by atoms with van der Waals surface area (Å²) in [5.74, 6) is -0.817. The molecule has 2 aromatic rings. The number of furan rings is 1. The van der Waals surface area contributed by atoms with Gasteiger partial charge in [-0.2, -0.15) is 13.2 Å². The molecule has 0 bridgehead atoms. The number of fused-ring (bicyclic) bond motifs is 1. The number of rotatable bonds is 2. The van der Waals surface area contributed by atoms with Crippen molar-refractivity contribution in [3.63, 3.8) is 0 Å². The zero-order chi connectivity index (χ0) is 21.0. The third-order valence-electron chi connectivity index (χ3n) is 4.93. The van der Waals surface area contributed by atoms with Crippen molar-refractivity contribution in [3.05, 3.63) is 42.6 Å². The van der Waals surface area contributed by atoms with Crippen LogP contribution in [0.15, 0.2) is 41.5 Å². The zero-order valence-electron chi connectivity index (χ0n) is 15.2. The van der Waals surface area contributed by atoms with E-state index in [0.29, 0.717) is 17.4 Å². The van der Waals surface area contributed by atoms with Crippen LogP contribution in [0.2, 0.25) is 0 Å². The molecule has 0 aromatic carbocycles. The number of nitrogens with zero attached hydrogens (tertiary/aromatic N) is 4. The van der Waals surface area contributed by atoms with Gasteiger partial charge < -0.3 is 19.3 Å². The number of hydrogen-bond acceptors (Lipinski definition) is 6. The second kappa shape index (κ2) is 8.50. The number of halogens is 3. The number of aliphatic carboxylic acids is 1. The van der Waals surface area contributed by atoms with Gasteiger partial charge in [-0.05, 0) is 30.4 Å². The lowest BCUT2D eigenvalue weighted by Crippen LogP contribution is -2.40. The minimum atomic E-state index is -5.08. The van der Waals surface area contributed by atoms with Gasteiger partial charge in [0.05, 0.1) is 11.8 Å². The van der Waals surface area contributed by atoms with Gasteiger partial charge in [-0.3, -0.25) is 4.79 Å². The van der Waals surface area contributed by atoms with Gasteiger partial charge in [-0.1, -0.05) is 0 Å². The average Bonchev–Trinajstić information content (AvgIpc) is 3.37. The largest absolute Gasteiger partial charge is 0.490 e. The number of carbonyl (C=O) groups is 2. The monoisotopic (exact) mass is 412 g/mol. The lowest BCUT2D eigenvalue weighted by molar-refractivity contribution is -0.192. The van der Waals surface area contributed by atoms with Crippen LogP contribution in [0.3, 0.4) is 0 Å². The first kappa shape index (κ1) is 20.6. The van der Waals surface area contributed by atoms with Crippen LogP contribution in [0.4, 0.5) is 19.1 Å². The summed E-state index contributed by atoms with van der Waals surface area (Å²) in [6, 6.07) is 3.56. The Morgan fingerprint density at radius 2 is 1.79 bits per heavy atom. The van der Waals surface area contributed by atoms with Crippen molar-refractivity contribution in [2.24, 2.45) is 11.8 Å². The van der Waals surface area contributed by atoms with Gasteiger partial charge in [0.2, 0.25) is 5.95 Å². The number of aromatic nitrogens is 2. The molecule has 2 atom stereocenters. The van der Waals surface area contributed by atoms with Crippen LogP contribution in [-0.2, 0) is 4.79 Å². The first-order chi connectivity index (χ1) is 13.8. The molecule has 29 heavy (non-hydrogen) atoms. The molecule has 1 N–H and O–H groups in total. The van der Waals surface area contributed by atoms with Crippen molar-refractivity contribution < 1.29 is 32.3 Å². The minimum absolute atomic E-state index is 0.0747. The van der Waals surface area contributed by atoms with Crippen LogP contribution >= 0.6 is 0 Å². The van der Waals surface area contributed by atoms with Crippen LogP contribution in [0, 0.1) is 11.8 Å². The highest BCUT2D eigenvalue weighted by atomic mass is 19.4. The lowest BCUT2D eigenvalue weighted by atomic mass is 9.89. The van der Waals surface area contributed by atoms with Crippen LogP contribution in [0.1, 0.15) is 16.8 Å². The highest BCUT2D eigenvalue weighted by molar-refractivity contribution is 5.94. The molecule has 0 radical (unpaired) electrons. The summed E-state index contributed by atoms with van der Waals surface area (Å²) in [6.45, 7) is 3.53. The van der Waals surface area contributed by atoms with E-state index in [4.69, 9.17) is 14.3 Å². The molecule has 156 valence electrons. The zero-order valence-corrected chi connectivity index (χ0v) is 15.2.